The van der Waals surface area contributed by atoms with Crippen molar-refractivity contribution in [2.45, 2.75) is 13.8 Å². The number of hydrogen-bond acceptors (Lipinski definition) is 3. The lowest BCUT2D eigenvalue weighted by atomic mass is 10.1. The van der Waals surface area contributed by atoms with E-state index in [-0.39, 0.29) is 11.7 Å². The molecule has 3 rings (SSSR count). The van der Waals surface area contributed by atoms with E-state index in [1.54, 1.807) is 31.4 Å². The minimum absolute atomic E-state index is 0.0425. The van der Waals surface area contributed by atoms with Crippen LogP contribution < -0.4 is 10.1 Å². The molecule has 2 aromatic carbocycles. The summed E-state index contributed by atoms with van der Waals surface area (Å²) in [5, 5.41) is 3.66. The molecule has 1 heterocycles. The molecule has 3 aromatic rings. The molecule has 0 spiro atoms. The van der Waals surface area contributed by atoms with Crippen molar-refractivity contribution in [3.8, 4) is 5.75 Å². The molecule has 1 amide bonds. The molecule has 24 heavy (non-hydrogen) atoms. The number of carbonyl (C=O) groups excluding carboxylic acids is 2. The van der Waals surface area contributed by atoms with Crippen molar-refractivity contribution in [3.63, 3.8) is 0 Å². The van der Waals surface area contributed by atoms with Gasteiger partial charge in [-0.2, -0.15) is 0 Å². The van der Waals surface area contributed by atoms with Crippen molar-refractivity contribution in [2.24, 2.45) is 0 Å². The zero-order valence-corrected chi connectivity index (χ0v) is 13.8. The first kappa shape index (κ1) is 15.8. The summed E-state index contributed by atoms with van der Waals surface area (Å²) >= 11 is 0. The number of H-pyrrole nitrogens is 1. The summed E-state index contributed by atoms with van der Waals surface area (Å²) in [6.07, 6.45) is 0. The SMILES string of the molecule is COc1cccc2c(C(=O)Nc3cccc(C(C)=O)c3)c(C)[nH]c12. The average Bonchev–Trinajstić information content (AvgIpc) is 2.90. The highest BCUT2D eigenvalue weighted by molar-refractivity contribution is 6.14. The number of rotatable bonds is 4. The van der Waals surface area contributed by atoms with Crippen LogP contribution in [-0.4, -0.2) is 23.8 Å². The van der Waals surface area contributed by atoms with Crippen LogP contribution >= 0.6 is 0 Å². The van der Waals surface area contributed by atoms with E-state index in [0.717, 1.165) is 16.6 Å². The molecular formula is C19H18N2O3. The van der Waals surface area contributed by atoms with Crippen LogP contribution in [0.5, 0.6) is 5.75 Å². The molecule has 0 aliphatic rings. The van der Waals surface area contributed by atoms with Gasteiger partial charge in [0.2, 0.25) is 0 Å². The summed E-state index contributed by atoms with van der Waals surface area (Å²) in [7, 11) is 1.60. The number of fused-ring (bicyclic) bond motifs is 1. The number of amides is 1. The molecule has 122 valence electrons. The standard InChI is InChI=1S/C19H18N2O3/c1-11-17(15-8-5-9-16(24-3)18(15)20-11)19(23)21-14-7-4-6-13(10-14)12(2)22/h4-10,20H,1-3H3,(H,21,23). The van der Waals surface area contributed by atoms with Crippen LogP contribution in [0.4, 0.5) is 5.69 Å². The first-order valence-corrected chi connectivity index (χ1v) is 7.59. The summed E-state index contributed by atoms with van der Waals surface area (Å²) in [5.41, 5.74) is 3.27. The van der Waals surface area contributed by atoms with Crippen LogP contribution in [0.1, 0.15) is 33.3 Å². The van der Waals surface area contributed by atoms with E-state index < -0.39 is 0 Å². The molecule has 0 radical (unpaired) electrons. The zero-order chi connectivity index (χ0) is 17.3. The van der Waals surface area contributed by atoms with E-state index in [4.69, 9.17) is 4.74 Å². The predicted octanol–water partition coefficient (Wildman–Crippen LogP) is 3.94. The Labute approximate surface area is 139 Å². The second-order valence-electron chi connectivity index (χ2n) is 5.60. The fourth-order valence-corrected chi connectivity index (χ4v) is 2.79. The number of benzene rings is 2. The Balaban J connectivity index is 1.99. The minimum Gasteiger partial charge on any atom is -0.495 e. The Morgan fingerprint density at radius 2 is 1.88 bits per heavy atom. The van der Waals surface area contributed by atoms with E-state index in [0.29, 0.717) is 22.6 Å². The highest BCUT2D eigenvalue weighted by Crippen LogP contribution is 2.30. The van der Waals surface area contributed by atoms with Gasteiger partial charge in [0.15, 0.2) is 5.78 Å². The van der Waals surface area contributed by atoms with Crippen molar-refractivity contribution < 1.29 is 14.3 Å². The Kier molecular flexibility index (Phi) is 4.08. The normalized spacial score (nSPS) is 10.6. The number of anilines is 1. The van der Waals surface area contributed by atoms with Crippen molar-refractivity contribution in [2.75, 3.05) is 12.4 Å². The first-order valence-electron chi connectivity index (χ1n) is 7.59. The molecule has 1 aromatic heterocycles. The van der Waals surface area contributed by atoms with Gasteiger partial charge in [-0.05, 0) is 32.0 Å². The molecular weight excluding hydrogens is 304 g/mol. The van der Waals surface area contributed by atoms with Crippen LogP contribution in [0.2, 0.25) is 0 Å². The third-order valence-electron chi connectivity index (χ3n) is 3.96. The Bertz CT molecular complexity index is 941. The number of para-hydroxylation sites is 1. The van der Waals surface area contributed by atoms with Crippen LogP contribution in [0.25, 0.3) is 10.9 Å². The van der Waals surface area contributed by atoms with E-state index in [1.807, 2.05) is 25.1 Å². The van der Waals surface area contributed by atoms with Crippen molar-refractivity contribution >= 4 is 28.3 Å². The predicted molar refractivity (Wildman–Crippen MR) is 94.0 cm³/mol. The maximum absolute atomic E-state index is 12.7. The van der Waals surface area contributed by atoms with Gasteiger partial charge in [0, 0.05) is 22.3 Å². The smallest absolute Gasteiger partial charge is 0.258 e. The lowest BCUT2D eigenvalue weighted by Crippen LogP contribution is -2.13. The van der Waals surface area contributed by atoms with E-state index in [2.05, 4.69) is 10.3 Å². The monoisotopic (exact) mass is 322 g/mol. The van der Waals surface area contributed by atoms with Crippen LogP contribution in [0.15, 0.2) is 42.5 Å². The second kappa shape index (κ2) is 6.20. The molecule has 5 heteroatoms. The summed E-state index contributed by atoms with van der Waals surface area (Å²) in [6, 6.07) is 12.5. The summed E-state index contributed by atoms with van der Waals surface area (Å²) in [5.74, 6) is 0.417. The molecule has 0 atom stereocenters. The molecule has 0 fully saturated rings. The van der Waals surface area contributed by atoms with E-state index >= 15 is 0 Å². The third-order valence-corrected chi connectivity index (χ3v) is 3.96. The number of ether oxygens (including phenoxy) is 1. The number of Topliss-reactive ketones (excluding diaryl/α,β-unsaturated/α-hetero) is 1. The molecule has 0 bridgehead atoms. The van der Waals surface area contributed by atoms with Crippen LogP contribution in [0, 0.1) is 6.92 Å². The summed E-state index contributed by atoms with van der Waals surface area (Å²) in [6.45, 7) is 3.34. The molecule has 0 aliphatic carbocycles. The van der Waals surface area contributed by atoms with Gasteiger partial charge in [0.05, 0.1) is 18.2 Å². The largest absolute Gasteiger partial charge is 0.495 e. The molecule has 5 nitrogen and oxygen atoms in total. The van der Waals surface area contributed by atoms with E-state index in [9.17, 15) is 9.59 Å². The second-order valence-corrected chi connectivity index (χ2v) is 5.60. The van der Waals surface area contributed by atoms with Gasteiger partial charge in [0.1, 0.15) is 5.75 Å². The average molecular weight is 322 g/mol. The zero-order valence-electron chi connectivity index (χ0n) is 13.8. The summed E-state index contributed by atoms with van der Waals surface area (Å²) in [4.78, 5) is 27.4. The topological polar surface area (TPSA) is 71.2 Å². The molecule has 0 unspecified atom stereocenters. The third kappa shape index (κ3) is 2.76. The number of aromatic amines is 1. The summed E-state index contributed by atoms with van der Waals surface area (Å²) < 4.78 is 5.34. The van der Waals surface area contributed by atoms with Gasteiger partial charge in [-0.25, -0.2) is 0 Å². The van der Waals surface area contributed by atoms with Crippen molar-refractivity contribution in [3.05, 3.63) is 59.3 Å². The van der Waals surface area contributed by atoms with Gasteiger partial charge in [0.25, 0.3) is 5.91 Å². The van der Waals surface area contributed by atoms with Crippen molar-refractivity contribution in [1.29, 1.82) is 0 Å². The van der Waals surface area contributed by atoms with Gasteiger partial charge in [-0.15, -0.1) is 0 Å². The molecule has 2 N–H and O–H groups in total. The molecule has 0 aliphatic heterocycles. The van der Waals surface area contributed by atoms with Gasteiger partial charge in [-0.3, -0.25) is 9.59 Å². The number of ketones is 1. The minimum atomic E-state index is -0.229. The van der Waals surface area contributed by atoms with Crippen LogP contribution in [0.3, 0.4) is 0 Å². The van der Waals surface area contributed by atoms with Gasteiger partial charge >= 0.3 is 0 Å². The first-order chi connectivity index (χ1) is 11.5. The number of aryl methyl sites for hydroxylation is 1. The van der Waals surface area contributed by atoms with E-state index in [1.165, 1.54) is 6.92 Å². The maximum Gasteiger partial charge on any atom is 0.258 e. The Hall–Kier alpha value is -3.08. The number of carbonyl (C=O) groups is 2. The Morgan fingerprint density at radius 1 is 1.12 bits per heavy atom. The van der Waals surface area contributed by atoms with Crippen molar-refractivity contribution in [1.82, 2.24) is 4.98 Å². The van der Waals surface area contributed by atoms with Crippen LogP contribution in [-0.2, 0) is 0 Å². The number of methoxy groups -OCH3 is 1. The fraction of sp³-hybridized carbons (Fsp3) is 0.158. The van der Waals surface area contributed by atoms with Gasteiger partial charge in [-0.1, -0.05) is 24.3 Å². The number of aromatic nitrogens is 1. The quantitative estimate of drug-likeness (QED) is 0.715. The number of nitrogens with one attached hydrogen (secondary N) is 2. The lowest BCUT2D eigenvalue weighted by Gasteiger charge is -2.07. The molecule has 0 saturated carbocycles. The number of hydrogen-bond donors (Lipinski definition) is 2. The Morgan fingerprint density at radius 3 is 2.58 bits per heavy atom. The maximum atomic E-state index is 12.7. The fourth-order valence-electron chi connectivity index (χ4n) is 2.79. The van der Waals surface area contributed by atoms with Gasteiger partial charge < -0.3 is 15.0 Å². The lowest BCUT2D eigenvalue weighted by molar-refractivity contribution is 0.101. The highest BCUT2D eigenvalue weighted by atomic mass is 16.5. The highest BCUT2D eigenvalue weighted by Gasteiger charge is 2.18. The molecule has 0 saturated heterocycles.